The van der Waals surface area contributed by atoms with Gasteiger partial charge in [-0.15, -0.1) is 0 Å². The first-order chi connectivity index (χ1) is 10.5. The largest absolute Gasteiger partial charge is 0.371 e. The molecule has 0 aliphatic heterocycles. The van der Waals surface area contributed by atoms with Crippen LogP contribution in [0.3, 0.4) is 0 Å². The molecule has 0 radical (unpaired) electrons. The number of amides is 1. The summed E-state index contributed by atoms with van der Waals surface area (Å²) in [6, 6.07) is 0.152. The van der Waals surface area contributed by atoms with E-state index in [-0.39, 0.29) is 18.1 Å². The lowest BCUT2D eigenvalue weighted by Crippen LogP contribution is -2.32. The van der Waals surface area contributed by atoms with E-state index < -0.39 is 0 Å². The molecule has 7 heteroatoms. The third kappa shape index (κ3) is 4.27. The van der Waals surface area contributed by atoms with Crippen molar-refractivity contribution in [3.8, 4) is 0 Å². The van der Waals surface area contributed by atoms with E-state index in [9.17, 15) is 4.79 Å². The molecule has 1 aromatic heterocycles. The monoisotopic (exact) mass is 310 g/mol. The maximum atomic E-state index is 12.2. The summed E-state index contributed by atoms with van der Waals surface area (Å²) in [6.45, 7) is 4.68. The van der Waals surface area contributed by atoms with Gasteiger partial charge in [0.1, 0.15) is 6.10 Å². The van der Waals surface area contributed by atoms with Crippen molar-refractivity contribution >= 4 is 5.91 Å². The molecule has 2 rings (SSSR count). The van der Waals surface area contributed by atoms with Gasteiger partial charge in [0.15, 0.2) is 5.82 Å². The predicted molar refractivity (Wildman–Crippen MR) is 80.7 cm³/mol. The fourth-order valence-electron chi connectivity index (χ4n) is 2.81. The summed E-state index contributed by atoms with van der Waals surface area (Å²) in [5.74, 6) is 1.30. The summed E-state index contributed by atoms with van der Waals surface area (Å²) in [5, 5.41) is 3.89. The van der Waals surface area contributed by atoms with Crippen LogP contribution in [0.1, 0.15) is 57.3 Å². The van der Waals surface area contributed by atoms with Crippen LogP contribution in [0.15, 0.2) is 4.52 Å². The number of ether oxygens (including phenoxy) is 1. The van der Waals surface area contributed by atoms with Gasteiger partial charge in [0.2, 0.25) is 11.8 Å². The van der Waals surface area contributed by atoms with Crippen LogP contribution in [0, 0.1) is 5.92 Å². The summed E-state index contributed by atoms with van der Waals surface area (Å²) in [5.41, 5.74) is 6.02. The summed E-state index contributed by atoms with van der Waals surface area (Å²) in [4.78, 5) is 18.1. The zero-order valence-corrected chi connectivity index (χ0v) is 13.6. The molecule has 124 valence electrons. The Hall–Kier alpha value is -1.47. The Morgan fingerprint density at radius 2 is 2.32 bits per heavy atom. The van der Waals surface area contributed by atoms with Gasteiger partial charge in [-0.25, -0.2) is 0 Å². The zero-order valence-electron chi connectivity index (χ0n) is 13.6. The van der Waals surface area contributed by atoms with Crippen molar-refractivity contribution < 1.29 is 14.1 Å². The average molecular weight is 310 g/mol. The number of hydrogen-bond acceptors (Lipinski definition) is 6. The van der Waals surface area contributed by atoms with E-state index in [1.165, 1.54) is 0 Å². The number of nitrogens with zero attached hydrogens (tertiary/aromatic N) is 3. The van der Waals surface area contributed by atoms with Crippen LogP contribution in [0.4, 0.5) is 0 Å². The predicted octanol–water partition coefficient (Wildman–Crippen LogP) is 1.64. The minimum atomic E-state index is -0.208. The van der Waals surface area contributed by atoms with Crippen molar-refractivity contribution in [2.75, 3.05) is 13.7 Å². The summed E-state index contributed by atoms with van der Waals surface area (Å²) in [7, 11) is 1.75. The summed E-state index contributed by atoms with van der Waals surface area (Å²) < 4.78 is 10.6. The Balaban J connectivity index is 1.85. The number of aromatic nitrogens is 2. The molecule has 0 spiro atoms. The summed E-state index contributed by atoms with van der Waals surface area (Å²) in [6.07, 6.45) is 3.46. The molecule has 1 aliphatic carbocycles. The average Bonchev–Trinajstić information content (AvgIpc) is 3.09. The van der Waals surface area contributed by atoms with Crippen molar-refractivity contribution in [2.24, 2.45) is 11.7 Å². The van der Waals surface area contributed by atoms with Crippen LogP contribution in [0.25, 0.3) is 0 Å². The van der Waals surface area contributed by atoms with E-state index in [4.69, 9.17) is 15.0 Å². The van der Waals surface area contributed by atoms with Crippen molar-refractivity contribution in [3.05, 3.63) is 11.7 Å². The molecule has 7 nitrogen and oxygen atoms in total. The summed E-state index contributed by atoms with van der Waals surface area (Å²) >= 11 is 0. The van der Waals surface area contributed by atoms with Gasteiger partial charge in [-0.1, -0.05) is 11.6 Å². The lowest BCUT2D eigenvalue weighted by atomic mass is 9.99. The molecule has 1 amide bonds. The second kappa shape index (κ2) is 7.69. The van der Waals surface area contributed by atoms with Crippen LogP contribution in [-0.2, 0) is 16.1 Å². The molecule has 0 bridgehead atoms. The van der Waals surface area contributed by atoms with E-state index in [2.05, 4.69) is 10.1 Å². The molecule has 0 aromatic carbocycles. The Bertz CT molecular complexity index is 491. The molecule has 1 aromatic rings. The zero-order chi connectivity index (χ0) is 16.1. The third-order valence-electron chi connectivity index (χ3n) is 4.22. The second-order valence-electron chi connectivity index (χ2n) is 5.95. The Labute approximate surface area is 131 Å². The fraction of sp³-hybridized carbons (Fsp3) is 0.800. The first kappa shape index (κ1) is 16.9. The minimum Gasteiger partial charge on any atom is -0.371 e. The first-order valence-electron chi connectivity index (χ1n) is 7.94. The van der Waals surface area contributed by atoms with Crippen molar-refractivity contribution in [1.29, 1.82) is 0 Å². The first-order valence-corrected chi connectivity index (χ1v) is 7.94. The van der Waals surface area contributed by atoms with Gasteiger partial charge in [-0.2, -0.15) is 4.98 Å². The smallest absolute Gasteiger partial charge is 0.246 e. The molecule has 0 saturated heterocycles. The second-order valence-corrected chi connectivity index (χ2v) is 5.95. The van der Waals surface area contributed by atoms with Gasteiger partial charge in [-0.05, 0) is 32.6 Å². The van der Waals surface area contributed by atoms with E-state index in [1.54, 1.807) is 11.9 Å². The molecule has 2 N–H and O–H groups in total. The van der Waals surface area contributed by atoms with E-state index in [0.29, 0.717) is 37.2 Å². The number of hydrogen-bond donors (Lipinski definition) is 1. The Kier molecular flexibility index (Phi) is 5.90. The minimum absolute atomic E-state index is 0.0694. The normalized spacial score (nSPS) is 22.7. The molecule has 1 heterocycles. The Morgan fingerprint density at radius 3 is 2.95 bits per heavy atom. The topological polar surface area (TPSA) is 94.5 Å². The van der Waals surface area contributed by atoms with Gasteiger partial charge in [-0.3, -0.25) is 4.79 Å². The van der Waals surface area contributed by atoms with Crippen molar-refractivity contribution in [2.45, 2.75) is 58.2 Å². The molecule has 3 atom stereocenters. The fourth-order valence-corrected chi connectivity index (χ4v) is 2.81. The van der Waals surface area contributed by atoms with E-state index >= 15 is 0 Å². The van der Waals surface area contributed by atoms with Crippen molar-refractivity contribution in [1.82, 2.24) is 15.0 Å². The van der Waals surface area contributed by atoms with Crippen molar-refractivity contribution in [3.63, 3.8) is 0 Å². The van der Waals surface area contributed by atoms with E-state index in [0.717, 1.165) is 19.3 Å². The van der Waals surface area contributed by atoms with Gasteiger partial charge >= 0.3 is 0 Å². The number of rotatable bonds is 7. The third-order valence-corrected chi connectivity index (χ3v) is 4.22. The number of carbonyl (C=O) groups excluding carboxylic acids is 1. The van der Waals surface area contributed by atoms with Gasteiger partial charge in [0.05, 0.1) is 6.54 Å². The van der Waals surface area contributed by atoms with Crippen LogP contribution >= 0.6 is 0 Å². The SMILES string of the molecule is CCOC(C)c1noc(CN(C)C(=O)C[C@@H]2CCC[C@H]2N)n1. The highest BCUT2D eigenvalue weighted by Crippen LogP contribution is 2.27. The van der Waals surface area contributed by atoms with Gasteiger partial charge in [0, 0.05) is 26.1 Å². The highest BCUT2D eigenvalue weighted by molar-refractivity contribution is 5.76. The standard InChI is InChI=1S/C15H26N4O3/c1-4-21-10(2)15-17-13(22-18-15)9-19(3)14(20)8-11-6-5-7-12(11)16/h10-12H,4-9,16H2,1-3H3/t10?,11-,12+/m0/s1. The van der Waals surface area contributed by atoms with Crippen LogP contribution in [0.5, 0.6) is 0 Å². The highest BCUT2D eigenvalue weighted by atomic mass is 16.5. The quantitative estimate of drug-likeness (QED) is 0.822. The molecule has 1 aliphatic rings. The van der Waals surface area contributed by atoms with Crippen LogP contribution < -0.4 is 5.73 Å². The maximum absolute atomic E-state index is 12.2. The van der Waals surface area contributed by atoms with Crippen LogP contribution in [-0.4, -0.2) is 40.6 Å². The highest BCUT2D eigenvalue weighted by Gasteiger charge is 2.27. The van der Waals surface area contributed by atoms with E-state index in [1.807, 2.05) is 13.8 Å². The molecular weight excluding hydrogens is 284 g/mol. The molecule has 1 saturated carbocycles. The lowest BCUT2D eigenvalue weighted by Gasteiger charge is -2.19. The molecule has 1 unspecified atom stereocenters. The lowest BCUT2D eigenvalue weighted by molar-refractivity contribution is -0.131. The number of carbonyl (C=O) groups is 1. The maximum Gasteiger partial charge on any atom is 0.246 e. The number of nitrogens with two attached hydrogens (primary N) is 1. The molecule has 22 heavy (non-hydrogen) atoms. The van der Waals surface area contributed by atoms with Gasteiger partial charge < -0.3 is 19.9 Å². The molecule has 1 fully saturated rings. The van der Waals surface area contributed by atoms with Gasteiger partial charge in [0.25, 0.3) is 0 Å². The molecular formula is C15H26N4O3. The van der Waals surface area contributed by atoms with Crippen LogP contribution in [0.2, 0.25) is 0 Å². The Morgan fingerprint density at radius 1 is 1.55 bits per heavy atom.